The first kappa shape index (κ1) is 36.8. The number of aliphatic hydroxyl groups is 1. The molecule has 3 saturated heterocycles. The van der Waals surface area contributed by atoms with Crippen molar-refractivity contribution < 1.29 is 33.8 Å². The predicted molar refractivity (Wildman–Crippen MR) is 186 cm³/mol. The van der Waals surface area contributed by atoms with E-state index in [-0.39, 0.29) is 42.7 Å². The molecular formula is C39H55N3O7. The molecule has 0 unspecified atom stereocenters. The molecule has 10 nitrogen and oxygen atoms in total. The van der Waals surface area contributed by atoms with E-state index >= 15 is 0 Å². The minimum atomic E-state index is -1.22. The molecule has 2 bridgehead atoms. The summed E-state index contributed by atoms with van der Waals surface area (Å²) >= 11 is 0. The number of hydrogen-bond acceptors (Lipinski definition) is 7. The van der Waals surface area contributed by atoms with E-state index in [9.17, 15) is 24.3 Å². The van der Waals surface area contributed by atoms with Gasteiger partial charge < -0.3 is 29.7 Å². The lowest BCUT2D eigenvalue weighted by Gasteiger charge is -2.43. The van der Waals surface area contributed by atoms with Gasteiger partial charge in [-0.3, -0.25) is 19.2 Å². The third-order valence-corrected chi connectivity index (χ3v) is 11.5. The summed E-state index contributed by atoms with van der Waals surface area (Å²) in [5.41, 5.74) is -0.507. The van der Waals surface area contributed by atoms with E-state index in [2.05, 4.69) is 18.5 Å². The molecule has 9 atom stereocenters. The van der Waals surface area contributed by atoms with Gasteiger partial charge in [-0.05, 0) is 50.5 Å². The van der Waals surface area contributed by atoms with Crippen LogP contribution in [0.3, 0.4) is 0 Å². The number of esters is 1. The van der Waals surface area contributed by atoms with Crippen LogP contribution in [0, 0.1) is 17.8 Å². The van der Waals surface area contributed by atoms with Gasteiger partial charge in [-0.15, -0.1) is 13.2 Å². The molecule has 1 spiro atoms. The van der Waals surface area contributed by atoms with Crippen molar-refractivity contribution in [3.63, 3.8) is 0 Å². The molecule has 1 aromatic carbocycles. The molecule has 5 rings (SSSR count). The molecular weight excluding hydrogens is 622 g/mol. The number of likely N-dealkylation sites (tertiary alicyclic amines) is 1. The van der Waals surface area contributed by atoms with Crippen molar-refractivity contribution in [1.82, 2.24) is 15.1 Å². The number of aliphatic hydroxyl groups excluding tert-OH is 1. The van der Waals surface area contributed by atoms with Gasteiger partial charge in [0.05, 0.1) is 36.6 Å². The standard InChI is InChI=1S/C39H55N3O7/c1-6-9-20-31(44)40-26(5)34(27-16-12-10-13-17-27)48-38(47)32-30-21-22-39(49-30)33(32)36(45)42(29(24-43)25(4)8-3)35(39)37(46)41(23-7-2)28-18-14-11-15-19-28/h6-7,10,12-13,16-17,25-26,28-30,32-35,43H,1-2,8-9,11,14-15,18-24H2,3-5H3,(H,40,44)/t25-,26+,29-,30+,32-,33-,34+,35+,39-/m0/s1. The normalized spacial score (nSPS) is 28.7. The van der Waals surface area contributed by atoms with E-state index in [0.717, 1.165) is 32.1 Å². The molecule has 0 aromatic heterocycles. The summed E-state index contributed by atoms with van der Waals surface area (Å²) in [6.07, 6.45) is 9.38. The van der Waals surface area contributed by atoms with Gasteiger partial charge in [-0.25, -0.2) is 0 Å². The molecule has 2 N–H and O–H groups in total. The van der Waals surface area contributed by atoms with Gasteiger partial charge in [0.15, 0.2) is 0 Å². The molecule has 10 heteroatoms. The number of nitrogens with zero attached hydrogens (tertiary/aromatic N) is 2. The fraction of sp³-hybridized carbons (Fsp3) is 0.641. The van der Waals surface area contributed by atoms with Gasteiger partial charge in [-0.2, -0.15) is 0 Å². The number of carbonyl (C=O) groups excluding carboxylic acids is 4. The third kappa shape index (κ3) is 7.09. The van der Waals surface area contributed by atoms with Gasteiger partial charge in [0.1, 0.15) is 17.7 Å². The highest BCUT2D eigenvalue weighted by molar-refractivity contribution is 5.98. The Morgan fingerprint density at radius 3 is 2.47 bits per heavy atom. The van der Waals surface area contributed by atoms with Gasteiger partial charge in [0, 0.05) is 19.0 Å². The van der Waals surface area contributed by atoms with Crippen molar-refractivity contribution in [2.75, 3.05) is 13.2 Å². The molecule has 4 aliphatic rings. The lowest BCUT2D eigenvalue weighted by molar-refractivity contribution is -0.163. The minimum Gasteiger partial charge on any atom is -0.455 e. The third-order valence-electron chi connectivity index (χ3n) is 11.5. The lowest BCUT2D eigenvalue weighted by atomic mass is 9.70. The average Bonchev–Trinajstić information content (AvgIpc) is 3.76. The first-order chi connectivity index (χ1) is 23.6. The molecule has 268 valence electrons. The Bertz CT molecular complexity index is 1360. The first-order valence-corrected chi connectivity index (χ1v) is 18.3. The maximum atomic E-state index is 14.9. The Balaban J connectivity index is 1.50. The molecule has 1 aromatic rings. The molecule has 1 saturated carbocycles. The fourth-order valence-corrected chi connectivity index (χ4v) is 8.86. The van der Waals surface area contributed by atoms with Crippen molar-refractivity contribution in [3.05, 3.63) is 61.2 Å². The van der Waals surface area contributed by atoms with Crippen LogP contribution in [0.15, 0.2) is 55.6 Å². The number of carbonyl (C=O) groups is 4. The second-order valence-corrected chi connectivity index (χ2v) is 14.5. The van der Waals surface area contributed by atoms with E-state index in [0.29, 0.717) is 37.8 Å². The van der Waals surface area contributed by atoms with Crippen LogP contribution in [-0.4, -0.2) is 87.6 Å². The Kier molecular flexibility index (Phi) is 12.0. The van der Waals surface area contributed by atoms with Crippen LogP contribution < -0.4 is 5.32 Å². The summed E-state index contributed by atoms with van der Waals surface area (Å²) in [6, 6.07) is 7.11. The predicted octanol–water partition coefficient (Wildman–Crippen LogP) is 4.87. The quantitative estimate of drug-likeness (QED) is 0.189. The number of fused-ring (bicyclic) bond motifs is 1. The molecule has 0 radical (unpaired) electrons. The maximum Gasteiger partial charge on any atom is 0.313 e. The van der Waals surface area contributed by atoms with Gasteiger partial charge in [0.25, 0.3) is 0 Å². The summed E-state index contributed by atoms with van der Waals surface area (Å²) in [6.45, 7) is 13.4. The zero-order chi connectivity index (χ0) is 35.3. The Morgan fingerprint density at radius 1 is 1.12 bits per heavy atom. The summed E-state index contributed by atoms with van der Waals surface area (Å²) in [5.74, 6) is -3.28. The number of ether oxygens (including phenoxy) is 2. The zero-order valence-electron chi connectivity index (χ0n) is 29.4. The van der Waals surface area contributed by atoms with Gasteiger partial charge in [-0.1, -0.05) is 82.0 Å². The second kappa shape index (κ2) is 16.0. The summed E-state index contributed by atoms with van der Waals surface area (Å²) in [4.78, 5) is 60.2. The maximum absolute atomic E-state index is 14.9. The van der Waals surface area contributed by atoms with Gasteiger partial charge in [0.2, 0.25) is 17.7 Å². The van der Waals surface area contributed by atoms with Gasteiger partial charge >= 0.3 is 5.97 Å². The number of hydrogen-bond donors (Lipinski definition) is 2. The number of rotatable bonds is 16. The van der Waals surface area contributed by atoms with Crippen LogP contribution in [0.2, 0.25) is 0 Å². The van der Waals surface area contributed by atoms with E-state index in [1.54, 1.807) is 24.0 Å². The number of amides is 3. The van der Waals surface area contributed by atoms with Crippen molar-refractivity contribution in [3.8, 4) is 0 Å². The Labute approximate surface area is 291 Å². The monoisotopic (exact) mass is 677 g/mol. The van der Waals surface area contributed by atoms with Crippen LogP contribution in [0.4, 0.5) is 0 Å². The Hall–Kier alpha value is -3.50. The van der Waals surface area contributed by atoms with E-state index in [1.807, 2.05) is 49.1 Å². The molecule has 3 heterocycles. The van der Waals surface area contributed by atoms with Crippen LogP contribution in [0.1, 0.15) is 96.6 Å². The fourth-order valence-electron chi connectivity index (χ4n) is 8.86. The van der Waals surface area contributed by atoms with Crippen LogP contribution in [0.25, 0.3) is 0 Å². The smallest absolute Gasteiger partial charge is 0.313 e. The van der Waals surface area contributed by atoms with Crippen LogP contribution in [0.5, 0.6) is 0 Å². The largest absolute Gasteiger partial charge is 0.455 e. The number of nitrogens with one attached hydrogen (secondary N) is 1. The first-order valence-electron chi connectivity index (χ1n) is 18.3. The van der Waals surface area contributed by atoms with Crippen molar-refractivity contribution in [1.29, 1.82) is 0 Å². The van der Waals surface area contributed by atoms with Crippen LogP contribution >= 0.6 is 0 Å². The molecule has 4 fully saturated rings. The SMILES string of the molecule is C=CCCC(=O)N[C@H](C)[C@@H](OC(=O)[C@@H]1[C@H]2C(=O)N([C@@H](CO)[C@@H](C)CC)[C@H](C(=O)N(CC=C)C3CCCCC3)[C@]23CC[C@H]1O3)c1ccccc1. The molecule has 3 aliphatic heterocycles. The molecule has 3 amide bonds. The van der Waals surface area contributed by atoms with E-state index in [4.69, 9.17) is 9.47 Å². The van der Waals surface area contributed by atoms with Crippen LogP contribution in [-0.2, 0) is 28.7 Å². The summed E-state index contributed by atoms with van der Waals surface area (Å²) < 4.78 is 13.0. The molecule has 1 aliphatic carbocycles. The highest BCUT2D eigenvalue weighted by atomic mass is 16.6. The average molecular weight is 678 g/mol. The Morgan fingerprint density at radius 2 is 1.84 bits per heavy atom. The zero-order valence-corrected chi connectivity index (χ0v) is 29.4. The number of allylic oxidation sites excluding steroid dienone is 1. The highest BCUT2D eigenvalue weighted by Crippen LogP contribution is 2.60. The number of benzene rings is 1. The summed E-state index contributed by atoms with van der Waals surface area (Å²) in [7, 11) is 0. The topological polar surface area (TPSA) is 125 Å². The minimum absolute atomic E-state index is 0.0250. The highest BCUT2D eigenvalue weighted by Gasteiger charge is 2.76. The van der Waals surface area contributed by atoms with E-state index < -0.39 is 53.7 Å². The van der Waals surface area contributed by atoms with Crippen molar-refractivity contribution in [2.45, 2.75) is 127 Å². The van der Waals surface area contributed by atoms with Crippen molar-refractivity contribution in [2.24, 2.45) is 17.8 Å². The summed E-state index contributed by atoms with van der Waals surface area (Å²) in [5, 5.41) is 13.7. The lowest BCUT2D eigenvalue weighted by Crippen LogP contribution is -2.61. The van der Waals surface area contributed by atoms with E-state index in [1.165, 1.54) is 0 Å². The second-order valence-electron chi connectivity index (χ2n) is 14.5. The van der Waals surface area contributed by atoms with Crippen molar-refractivity contribution >= 4 is 23.7 Å². The molecule has 49 heavy (non-hydrogen) atoms.